The molecule has 1 unspecified atom stereocenters. The molecule has 1 atom stereocenters. The van der Waals surface area contributed by atoms with Gasteiger partial charge in [0.25, 0.3) is 0 Å². The lowest BCUT2D eigenvalue weighted by Crippen LogP contribution is -2.29. The van der Waals surface area contributed by atoms with Crippen molar-refractivity contribution in [2.75, 3.05) is 6.54 Å². The quantitative estimate of drug-likeness (QED) is 0.589. The van der Waals surface area contributed by atoms with Crippen LogP contribution in [-0.2, 0) is 6.42 Å². The van der Waals surface area contributed by atoms with Crippen LogP contribution in [0.5, 0.6) is 0 Å². The van der Waals surface area contributed by atoms with E-state index in [1.54, 1.807) is 6.20 Å². The first-order valence-electron chi connectivity index (χ1n) is 5.31. The van der Waals surface area contributed by atoms with Crippen LogP contribution in [-0.4, -0.2) is 23.3 Å². The SMILES string of the molecule is ClC1=CN(CCc2c(Cl)cccc2Cl)C(Cl)N=C1. The summed E-state index contributed by atoms with van der Waals surface area (Å²) in [6, 6.07) is 5.46. The van der Waals surface area contributed by atoms with Crippen LogP contribution < -0.4 is 0 Å². The number of alkyl halides is 1. The number of nitrogens with zero attached hydrogens (tertiary/aromatic N) is 2. The molecule has 0 saturated heterocycles. The summed E-state index contributed by atoms with van der Waals surface area (Å²) in [5.74, 6) is 0. The molecule has 1 aliphatic rings. The molecule has 0 aromatic heterocycles. The molecule has 0 saturated carbocycles. The maximum absolute atomic E-state index is 6.11. The van der Waals surface area contributed by atoms with E-state index in [9.17, 15) is 0 Å². The monoisotopic (exact) mass is 322 g/mol. The Morgan fingerprint density at radius 1 is 1.17 bits per heavy atom. The Bertz CT molecular complexity index is 479. The van der Waals surface area contributed by atoms with Gasteiger partial charge in [0.05, 0.1) is 5.03 Å². The summed E-state index contributed by atoms with van der Waals surface area (Å²) in [7, 11) is 0. The highest BCUT2D eigenvalue weighted by Gasteiger charge is 2.16. The zero-order chi connectivity index (χ0) is 13.1. The minimum absolute atomic E-state index is 0.436. The van der Waals surface area contributed by atoms with Crippen molar-refractivity contribution in [3.63, 3.8) is 0 Å². The van der Waals surface area contributed by atoms with Gasteiger partial charge in [-0.15, -0.1) is 0 Å². The van der Waals surface area contributed by atoms with E-state index in [1.807, 2.05) is 23.1 Å². The van der Waals surface area contributed by atoms with Crippen molar-refractivity contribution in [3.8, 4) is 0 Å². The van der Waals surface area contributed by atoms with Gasteiger partial charge >= 0.3 is 0 Å². The van der Waals surface area contributed by atoms with Gasteiger partial charge in [-0.05, 0) is 24.1 Å². The van der Waals surface area contributed by atoms with Gasteiger partial charge in [-0.25, -0.2) is 0 Å². The Morgan fingerprint density at radius 3 is 2.50 bits per heavy atom. The fourth-order valence-corrected chi connectivity index (χ4v) is 2.63. The molecule has 2 rings (SSSR count). The largest absolute Gasteiger partial charge is 0.342 e. The van der Waals surface area contributed by atoms with Gasteiger partial charge < -0.3 is 4.90 Å². The van der Waals surface area contributed by atoms with Crippen LogP contribution in [0.2, 0.25) is 10.0 Å². The number of hydrogen-bond acceptors (Lipinski definition) is 2. The number of aliphatic imine (C=N–C) groups is 1. The molecule has 1 aromatic carbocycles. The summed E-state index contributed by atoms with van der Waals surface area (Å²) in [4.78, 5) is 5.89. The van der Waals surface area contributed by atoms with Crippen LogP contribution in [0.25, 0.3) is 0 Å². The van der Waals surface area contributed by atoms with E-state index in [4.69, 9.17) is 46.4 Å². The number of halogens is 4. The topological polar surface area (TPSA) is 15.6 Å². The van der Waals surface area contributed by atoms with E-state index in [-0.39, 0.29) is 0 Å². The van der Waals surface area contributed by atoms with Gasteiger partial charge in [0.2, 0.25) is 0 Å². The summed E-state index contributed by atoms with van der Waals surface area (Å²) in [6.45, 7) is 0.644. The minimum Gasteiger partial charge on any atom is -0.342 e. The van der Waals surface area contributed by atoms with E-state index in [2.05, 4.69) is 4.99 Å². The summed E-state index contributed by atoms with van der Waals surface area (Å²) >= 11 is 24.1. The fraction of sp³-hybridized carbons (Fsp3) is 0.250. The van der Waals surface area contributed by atoms with Crippen molar-refractivity contribution in [3.05, 3.63) is 45.0 Å². The molecular formula is C12H10Cl4N2. The Hall–Kier alpha value is -0.410. The van der Waals surface area contributed by atoms with Crippen molar-refractivity contribution in [2.45, 2.75) is 12.0 Å². The zero-order valence-corrected chi connectivity index (χ0v) is 12.3. The molecule has 0 radical (unpaired) electrons. The van der Waals surface area contributed by atoms with E-state index < -0.39 is 5.62 Å². The van der Waals surface area contributed by atoms with Gasteiger partial charge in [0, 0.05) is 29.0 Å². The molecule has 1 aromatic rings. The molecule has 0 aliphatic carbocycles. The molecule has 96 valence electrons. The van der Waals surface area contributed by atoms with Crippen LogP contribution in [0, 0.1) is 0 Å². The maximum Gasteiger partial charge on any atom is 0.197 e. The second kappa shape index (κ2) is 6.16. The standard InChI is InChI=1S/C12H10Cl4N2/c13-8-6-17-12(16)18(7-8)5-4-9-10(14)2-1-3-11(9)15/h1-3,6-7,12H,4-5H2. The normalized spacial score (nSPS) is 19.0. The second-order valence-electron chi connectivity index (χ2n) is 3.79. The third-order valence-corrected chi connectivity index (χ3v) is 3.83. The number of allylic oxidation sites excluding steroid dienone is 1. The molecule has 0 bridgehead atoms. The third kappa shape index (κ3) is 3.33. The Morgan fingerprint density at radius 2 is 1.83 bits per heavy atom. The summed E-state index contributed by atoms with van der Waals surface area (Å²) in [5.41, 5.74) is 0.470. The van der Waals surface area contributed by atoms with Crippen LogP contribution in [0.3, 0.4) is 0 Å². The molecular weight excluding hydrogens is 314 g/mol. The van der Waals surface area contributed by atoms with E-state index in [0.29, 0.717) is 28.0 Å². The summed E-state index contributed by atoms with van der Waals surface area (Å²) in [5, 5.41) is 1.87. The van der Waals surface area contributed by atoms with Crippen molar-refractivity contribution >= 4 is 52.6 Å². The molecule has 0 fully saturated rings. The molecule has 0 N–H and O–H groups in total. The van der Waals surface area contributed by atoms with Crippen molar-refractivity contribution in [1.82, 2.24) is 4.90 Å². The highest BCUT2D eigenvalue weighted by atomic mass is 35.5. The highest BCUT2D eigenvalue weighted by Crippen LogP contribution is 2.26. The van der Waals surface area contributed by atoms with Crippen molar-refractivity contribution in [2.24, 2.45) is 4.99 Å². The van der Waals surface area contributed by atoms with Crippen molar-refractivity contribution in [1.29, 1.82) is 0 Å². The van der Waals surface area contributed by atoms with Gasteiger partial charge in [-0.1, -0.05) is 52.5 Å². The zero-order valence-electron chi connectivity index (χ0n) is 9.28. The highest BCUT2D eigenvalue weighted by molar-refractivity contribution is 6.39. The van der Waals surface area contributed by atoms with Gasteiger partial charge in [-0.3, -0.25) is 4.99 Å². The Labute approximate surface area is 126 Å². The van der Waals surface area contributed by atoms with E-state index >= 15 is 0 Å². The number of benzene rings is 1. The average molecular weight is 324 g/mol. The van der Waals surface area contributed by atoms with Crippen LogP contribution in [0.15, 0.2) is 34.4 Å². The second-order valence-corrected chi connectivity index (χ2v) is 5.43. The van der Waals surface area contributed by atoms with Gasteiger partial charge in [-0.2, -0.15) is 0 Å². The van der Waals surface area contributed by atoms with Gasteiger partial charge in [0.1, 0.15) is 0 Å². The summed E-state index contributed by atoms with van der Waals surface area (Å²) < 4.78 is 0. The lowest BCUT2D eigenvalue weighted by Gasteiger charge is -2.26. The predicted octanol–water partition coefficient (Wildman–Crippen LogP) is 4.52. The molecule has 1 aliphatic heterocycles. The predicted molar refractivity (Wildman–Crippen MR) is 78.9 cm³/mol. The molecule has 1 heterocycles. The number of hydrogen-bond donors (Lipinski definition) is 0. The average Bonchev–Trinajstić information content (AvgIpc) is 2.33. The summed E-state index contributed by atoms with van der Waals surface area (Å²) in [6.07, 6.45) is 3.98. The molecule has 0 spiro atoms. The Kier molecular flexibility index (Phi) is 4.79. The lowest BCUT2D eigenvalue weighted by atomic mass is 10.1. The van der Waals surface area contributed by atoms with E-state index in [0.717, 1.165) is 5.56 Å². The molecule has 18 heavy (non-hydrogen) atoms. The third-order valence-electron chi connectivity index (χ3n) is 2.57. The van der Waals surface area contributed by atoms with Gasteiger partial charge in [0.15, 0.2) is 5.62 Å². The van der Waals surface area contributed by atoms with Crippen LogP contribution in [0.1, 0.15) is 5.56 Å². The first-order valence-corrected chi connectivity index (χ1v) is 6.88. The molecule has 0 amide bonds. The van der Waals surface area contributed by atoms with Crippen LogP contribution in [0.4, 0.5) is 0 Å². The maximum atomic E-state index is 6.11. The lowest BCUT2D eigenvalue weighted by molar-refractivity contribution is 0.356. The first-order chi connectivity index (χ1) is 8.58. The smallest absolute Gasteiger partial charge is 0.197 e. The fourth-order valence-electron chi connectivity index (χ4n) is 1.65. The number of rotatable bonds is 3. The molecule has 2 nitrogen and oxygen atoms in total. The Balaban J connectivity index is 2.06. The minimum atomic E-state index is -0.436. The molecule has 6 heteroatoms. The van der Waals surface area contributed by atoms with E-state index in [1.165, 1.54) is 6.21 Å². The van der Waals surface area contributed by atoms with Crippen LogP contribution >= 0.6 is 46.4 Å². The first kappa shape index (κ1) is 14.0. The van der Waals surface area contributed by atoms with Crippen molar-refractivity contribution < 1.29 is 0 Å².